The summed E-state index contributed by atoms with van der Waals surface area (Å²) in [5, 5.41) is 6.46. The number of rotatable bonds is 7. The molecular formula is C14H21ClN2O2. The molecule has 1 aromatic carbocycles. The third-order valence-electron chi connectivity index (χ3n) is 2.49. The van der Waals surface area contributed by atoms with Gasteiger partial charge in [-0.3, -0.25) is 4.79 Å². The summed E-state index contributed by atoms with van der Waals surface area (Å²) in [5.74, 6) is -0.0880. The molecule has 0 fully saturated rings. The van der Waals surface area contributed by atoms with Gasteiger partial charge in [0.1, 0.15) is 0 Å². The molecule has 106 valence electrons. The first-order valence-corrected chi connectivity index (χ1v) is 6.75. The van der Waals surface area contributed by atoms with E-state index in [1.165, 1.54) is 0 Å². The quantitative estimate of drug-likeness (QED) is 0.757. The van der Waals surface area contributed by atoms with Gasteiger partial charge in [0.25, 0.3) is 0 Å². The Morgan fingerprint density at radius 1 is 1.42 bits per heavy atom. The van der Waals surface area contributed by atoms with Crippen molar-refractivity contribution in [3.05, 3.63) is 28.8 Å². The Morgan fingerprint density at radius 3 is 2.84 bits per heavy atom. The van der Waals surface area contributed by atoms with Crippen molar-refractivity contribution in [1.82, 2.24) is 5.32 Å². The van der Waals surface area contributed by atoms with E-state index in [9.17, 15) is 4.79 Å². The molecule has 0 spiro atoms. The molecular weight excluding hydrogens is 264 g/mol. The molecule has 4 nitrogen and oxygen atoms in total. The van der Waals surface area contributed by atoms with Crippen LogP contribution in [0.25, 0.3) is 0 Å². The first-order valence-electron chi connectivity index (χ1n) is 6.37. The fraction of sp³-hybridized carbons (Fsp3) is 0.500. The smallest absolute Gasteiger partial charge is 0.238 e. The molecule has 0 unspecified atom stereocenters. The van der Waals surface area contributed by atoms with E-state index < -0.39 is 0 Å². The van der Waals surface area contributed by atoms with Gasteiger partial charge in [0.05, 0.1) is 19.3 Å². The first-order chi connectivity index (χ1) is 8.99. The number of halogens is 1. The number of carbonyl (C=O) groups is 1. The van der Waals surface area contributed by atoms with Crippen molar-refractivity contribution in [2.45, 2.75) is 26.9 Å². The molecule has 0 aliphatic carbocycles. The minimum absolute atomic E-state index is 0.0880. The molecule has 0 radical (unpaired) electrons. The Kier molecular flexibility index (Phi) is 6.84. The van der Waals surface area contributed by atoms with E-state index in [1.54, 1.807) is 12.1 Å². The summed E-state index contributed by atoms with van der Waals surface area (Å²) in [6.07, 6.45) is 0.213. The van der Waals surface area contributed by atoms with Crippen molar-refractivity contribution >= 4 is 23.2 Å². The van der Waals surface area contributed by atoms with Gasteiger partial charge in [0.15, 0.2) is 0 Å². The molecule has 5 heteroatoms. The highest BCUT2D eigenvalue weighted by Crippen LogP contribution is 2.19. The average Bonchev–Trinajstić information content (AvgIpc) is 2.33. The van der Waals surface area contributed by atoms with Crippen LogP contribution in [-0.2, 0) is 9.53 Å². The molecule has 1 rings (SSSR count). The Hall–Kier alpha value is -1.10. The van der Waals surface area contributed by atoms with E-state index in [4.69, 9.17) is 16.3 Å². The Balaban J connectivity index is 2.29. The molecule has 0 aromatic heterocycles. The second-order valence-corrected chi connectivity index (χ2v) is 5.04. The topological polar surface area (TPSA) is 50.4 Å². The van der Waals surface area contributed by atoms with Gasteiger partial charge in [-0.25, -0.2) is 0 Å². The summed E-state index contributed by atoms with van der Waals surface area (Å²) in [6, 6.07) is 5.42. The lowest BCUT2D eigenvalue weighted by atomic mass is 10.2. The van der Waals surface area contributed by atoms with Crippen LogP contribution >= 0.6 is 11.6 Å². The van der Waals surface area contributed by atoms with Gasteiger partial charge in [-0.15, -0.1) is 0 Å². The van der Waals surface area contributed by atoms with Crippen LogP contribution in [0.2, 0.25) is 5.02 Å². The number of anilines is 1. The molecule has 0 aliphatic heterocycles. The summed E-state index contributed by atoms with van der Waals surface area (Å²) in [6.45, 7) is 7.40. The maximum Gasteiger partial charge on any atom is 0.238 e. The van der Waals surface area contributed by atoms with Gasteiger partial charge >= 0.3 is 0 Å². The second kappa shape index (κ2) is 8.15. The SMILES string of the molecule is Cc1ccc(Cl)cc1NC(=O)CNCCOC(C)C. The Bertz CT molecular complexity index is 422. The summed E-state index contributed by atoms with van der Waals surface area (Å²) >= 11 is 5.89. The summed E-state index contributed by atoms with van der Waals surface area (Å²) in [4.78, 5) is 11.7. The molecule has 19 heavy (non-hydrogen) atoms. The maximum atomic E-state index is 11.7. The van der Waals surface area contributed by atoms with Crippen molar-refractivity contribution < 1.29 is 9.53 Å². The average molecular weight is 285 g/mol. The monoisotopic (exact) mass is 284 g/mol. The predicted molar refractivity (Wildman–Crippen MR) is 78.8 cm³/mol. The molecule has 1 aromatic rings. The van der Waals surface area contributed by atoms with Crippen LogP contribution in [0.15, 0.2) is 18.2 Å². The highest BCUT2D eigenvalue weighted by Gasteiger charge is 2.05. The van der Waals surface area contributed by atoms with Crippen LogP contribution < -0.4 is 10.6 Å². The molecule has 0 heterocycles. The number of benzene rings is 1. The summed E-state index contributed by atoms with van der Waals surface area (Å²) in [5.41, 5.74) is 1.73. The minimum Gasteiger partial charge on any atom is -0.377 e. The predicted octanol–water partition coefficient (Wildman–Crippen LogP) is 2.60. The van der Waals surface area contributed by atoms with Gasteiger partial charge < -0.3 is 15.4 Å². The van der Waals surface area contributed by atoms with E-state index in [-0.39, 0.29) is 18.6 Å². The van der Waals surface area contributed by atoms with E-state index in [0.29, 0.717) is 18.2 Å². The van der Waals surface area contributed by atoms with Crippen molar-refractivity contribution in [3.8, 4) is 0 Å². The van der Waals surface area contributed by atoms with Crippen LogP contribution in [0.5, 0.6) is 0 Å². The molecule has 1 amide bonds. The normalized spacial score (nSPS) is 10.8. The molecule has 0 aliphatic rings. The zero-order chi connectivity index (χ0) is 14.3. The molecule has 0 atom stereocenters. The molecule has 0 saturated heterocycles. The fourth-order valence-corrected chi connectivity index (χ4v) is 1.66. The third-order valence-corrected chi connectivity index (χ3v) is 2.72. The lowest BCUT2D eigenvalue weighted by Crippen LogP contribution is -2.31. The number of ether oxygens (including phenoxy) is 1. The summed E-state index contributed by atoms with van der Waals surface area (Å²) in [7, 11) is 0. The van der Waals surface area contributed by atoms with Crippen LogP contribution in [0, 0.1) is 6.92 Å². The number of aryl methyl sites for hydroxylation is 1. The maximum absolute atomic E-state index is 11.7. The van der Waals surface area contributed by atoms with Crippen molar-refractivity contribution in [2.24, 2.45) is 0 Å². The van der Waals surface area contributed by atoms with E-state index in [0.717, 1.165) is 11.3 Å². The highest BCUT2D eigenvalue weighted by molar-refractivity contribution is 6.31. The lowest BCUT2D eigenvalue weighted by Gasteiger charge is -2.10. The van der Waals surface area contributed by atoms with Crippen molar-refractivity contribution in [3.63, 3.8) is 0 Å². The van der Waals surface area contributed by atoms with Gasteiger partial charge in [-0.05, 0) is 38.5 Å². The second-order valence-electron chi connectivity index (χ2n) is 4.60. The van der Waals surface area contributed by atoms with Gasteiger partial charge in [-0.2, -0.15) is 0 Å². The van der Waals surface area contributed by atoms with Crippen LogP contribution in [0.1, 0.15) is 19.4 Å². The highest BCUT2D eigenvalue weighted by atomic mass is 35.5. The lowest BCUT2D eigenvalue weighted by molar-refractivity contribution is -0.115. The number of nitrogens with one attached hydrogen (secondary N) is 2. The Labute approximate surface area is 119 Å². The van der Waals surface area contributed by atoms with E-state index >= 15 is 0 Å². The van der Waals surface area contributed by atoms with Crippen molar-refractivity contribution in [1.29, 1.82) is 0 Å². The summed E-state index contributed by atoms with van der Waals surface area (Å²) < 4.78 is 5.37. The van der Waals surface area contributed by atoms with E-state index in [1.807, 2.05) is 26.8 Å². The van der Waals surface area contributed by atoms with Gasteiger partial charge in [-0.1, -0.05) is 17.7 Å². The first kappa shape index (κ1) is 16.0. The van der Waals surface area contributed by atoms with Crippen molar-refractivity contribution in [2.75, 3.05) is 25.0 Å². The Morgan fingerprint density at radius 2 is 2.16 bits per heavy atom. The number of amides is 1. The third kappa shape index (κ3) is 6.57. The number of hydrogen-bond acceptors (Lipinski definition) is 3. The standard InChI is InChI=1S/C14H21ClN2O2/c1-10(2)19-7-6-16-9-14(18)17-13-8-12(15)5-4-11(13)3/h4-5,8,10,16H,6-7,9H2,1-3H3,(H,17,18). The van der Waals surface area contributed by atoms with Gasteiger partial charge in [0, 0.05) is 17.3 Å². The van der Waals surface area contributed by atoms with E-state index in [2.05, 4.69) is 10.6 Å². The minimum atomic E-state index is -0.0880. The van der Waals surface area contributed by atoms with Gasteiger partial charge in [0.2, 0.25) is 5.91 Å². The zero-order valence-electron chi connectivity index (χ0n) is 11.6. The molecule has 2 N–H and O–H groups in total. The number of carbonyl (C=O) groups excluding carboxylic acids is 1. The largest absolute Gasteiger partial charge is 0.377 e. The molecule has 0 saturated carbocycles. The van der Waals surface area contributed by atoms with Crippen LogP contribution in [-0.4, -0.2) is 31.7 Å². The number of hydrogen-bond donors (Lipinski definition) is 2. The fourth-order valence-electron chi connectivity index (χ4n) is 1.49. The van der Waals surface area contributed by atoms with Crippen LogP contribution in [0.3, 0.4) is 0 Å². The molecule has 0 bridgehead atoms. The zero-order valence-corrected chi connectivity index (χ0v) is 12.4. The van der Waals surface area contributed by atoms with Crippen LogP contribution in [0.4, 0.5) is 5.69 Å².